The minimum Gasteiger partial charge on any atom is -0.497 e. The average molecular weight is 440 g/mol. The number of halogens is 1. The lowest BCUT2D eigenvalue weighted by Crippen LogP contribution is -2.23. The molecule has 6 nitrogen and oxygen atoms in total. The zero-order valence-corrected chi connectivity index (χ0v) is 17.9. The first-order valence-corrected chi connectivity index (χ1v) is 10.4. The molecular formula is C22H18ClN3O3S. The number of nitrogens with one attached hydrogen (secondary N) is 1. The normalized spacial score (nSPS) is 10.9. The lowest BCUT2D eigenvalue weighted by atomic mass is 10.1. The van der Waals surface area contributed by atoms with Crippen molar-refractivity contribution in [1.82, 2.24) is 9.55 Å². The van der Waals surface area contributed by atoms with Gasteiger partial charge in [-0.3, -0.25) is 14.9 Å². The van der Waals surface area contributed by atoms with Gasteiger partial charge in [-0.05, 0) is 42.8 Å². The van der Waals surface area contributed by atoms with Crippen LogP contribution in [0.4, 0.5) is 5.13 Å². The van der Waals surface area contributed by atoms with Crippen molar-refractivity contribution in [2.75, 3.05) is 12.4 Å². The molecule has 0 unspecified atom stereocenters. The SMILES string of the molecule is COc1ccc2c(c1)c(C(=O)C(=O)Nc1nccs1)c(C)n2Cc1ccc(Cl)cc1. The molecule has 1 N–H and O–H groups in total. The minimum absolute atomic E-state index is 0.354. The molecule has 0 aliphatic heterocycles. The highest BCUT2D eigenvalue weighted by atomic mass is 35.5. The Hall–Kier alpha value is -3.16. The van der Waals surface area contributed by atoms with Crippen molar-refractivity contribution in [2.24, 2.45) is 0 Å². The fourth-order valence-corrected chi connectivity index (χ4v) is 4.05. The quantitative estimate of drug-likeness (QED) is 0.341. The molecule has 0 saturated carbocycles. The second-order valence-corrected chi connectivity index (χ2v) is 8.01. The van der Waals surface area contributed by atoms with E-state index in [1.54, 1.807) is 24.8 Å². The second kappa shape index (κ2) is 8.30. The smallest absolute Gasteiger partial charge is 0.298 e. The van der Waals surface area contributed by atoms with Crippen LogP contribution in [0.25, 0.3) is 10.9 Å². The number of nitrogens with zero attached hydrogens (tertiary/aromatic N) is 2. The number of thiazole rings is 1. The van der Waals surface area contributed by atoms with Crippen LogP contribution in [0, 0.1) is 6.92 Å². The summed E-state index contributed by atoms with van der Waals surface area (Å²) in [4.78, 5) is 29.7. The van der Waals surface area contributed by atoms with E-state index in [0.717, 1.165) is 11.1 Å². The summed E-state index contributed by atoms with van der Waals surface area (Å²) in [6, 6.07) is 13.0. The number of benzene rings is 2. The highest BCUT2D eigenvalue weighted by molar-refractivity contribution is 7.13. The van der Waals surface area contributed by atoms with Crippen molar-refractivity contribution in [1.29, 1.82) is 0 Å². The Labute approximate surface area is 182 Å². The lowest BCUT2D eigenvalue weighted by molar-refractivity contribution is -0.112. The van der Waals surface area contributed by atoms with E-state index < -0.39 is 11.7 Å². The van der Waals surface area contributed by atoms with Gasteiger partial charge in [0.2, 0.25) is 0 Å². The van der Waals surface area contributed by atoms with Crippen LogP contribution < -0.4 is 10.1 Å². The van der Waals surface area contributed by atoms with Crippen molar-refractivity contribution in [2.45, 2.75) is 13.5 Å². The van der Waals surface area contributed by atoms with Crippen LogP contribution in [-0.4, -0.2) is 28.4 Å². The van der Waals surface area contributed by atoms with Crippen LogP contribution in [0.5, 0.6) is 5.75 Å². The third-order valence-electron chi connectivity index (χ3n) is 4.87. The Bertz CT molecular complexity index is 1230. The summed E-state index contributed by atoms with van der Waals surface area (Å²) in [7, 11) is 1.56. The zero-order valence-electron chi connectivity index (χ0n) is 16.3. The number of rotatable bonds is 6. The molecule has 4 aromatic rings. The number of anilines is 1. The van der Waals surface area contributed by atoms with E-state index in [1.807, 2.05) is 47.9 Å². The summed E-state index contributed by atoms with van der Waals surface area (Å²) in [6.45, 7) is 2.37. The van der Waals surface area contributed by atoms with Crippen LogP contribution >= 0.6 is 22.9 Å². The van der Waals surface area contributed by atoms with Gasteiger partial charge < -0.3 is 9.30 Å². The molecule has 0 aliphatic rings. The highest BCUT2D eigenvalue weighted by Crippen LogP contribution is 2.31. The van der Waals surface area contributed by atoms with Gasteiger partial charge in [0.15, 0.2) is 5.13 Å². The molecule has 0 fully saturated rings. The van der Waals surface area contributed by atoms with Crippen LogP contribution in [0.3, 0.4) is 0 Å². The number of methoxy groups -OCH3 is 1. The third-order valence-corrected chi connectivity index (χ3v) is 5.81. The Balaban J connectivity index is 1.79. The lowest BCUT2D eigenvalue weighted by Gasteiger charge is -2.09. The van der Waals surface area contributed by atoms with Crippen LogP contribution in [0.15, 0.2) is 54.0 Å². The van der Waals surface area contributed by atoms with E-state index in [0.29, 0.717) is 39.1 Å². The summed E-state index contributed by atoms with van der Waals surface area (Å²) in [5.41, 5.74) is 2.93. The van der Waals surface area contributed by atoms with Crippen molar-refractivity contribution >= 4 is 50.7 Å². The van der Waals surface area contributed by atoms with E-state index in [2.05, 4.69) is 10.3 Å². The van der Waals surface area contributed by atoms with Crippen molar-refractivity contribution in [3.8, 4) is 5.75 Å². The first-order valence-electron chi connectivity index (χ1n) is 9.14. The van der Waals surface area contributed by atoms with Crippen LogP contribution in [0.1, 0.15) is 21.6 Å². The fraction of sp³-hybridized carbons (Fsp3) is 0.136. The van der Waals surface area contributed by atoms with E-state index in [1.165, 1.54) is 11.3 Å². The largest absolute Gasteiger partial charge is 0.497 e. The van der Waals surface area contributed by atoms with E-state index >= 15 is 0 Å². The third kappa shape index (κ3) is 3.81. The number of ether oxygens (including phenoxy) is 1. The van der Waals surface area contributed by atoms with Gasteiger partial charge in [-0.1, -0.05) is 23.7 Å². The molecule has 0 aliphatic carbocycles. The molecule has 0 atom stereocenters. The number of amides is 1. The molecular weight excluding hydrogens is 422 g/mol. The molecule has 0 saturated heterocycles. The molecule has 0 spiro atoms. The average Bonchev–Trinajstić information content (AvgIpc) is 3.35. The summed E-state index contributed by atoms with van der Waals surface area (Å²) in [5, 5.41) is 6.01. The maximum Gasteiger partial charge on any atom is 0.298 e. The predicted octanol–water partition coefficient (Wildman–Crippen LogP) is 4.94. The van der Waals surface area contributed by atoms with Gasteiger partial charge in [0, 0.05) is 39.7 Å². The number of carbonyl (C=O) groups excluding carboxylic acids is 2. The van der Waals surface area contributed by atoms with Gasteiger partial charge >= 0.3 is 0 Å². The Morgan fingerprint density at radius 3 is 2.63 bits per heavy atom. The summed E-state index contributed by atoms with van der Waals surface area (Å²) >= 11 is 7.25. The molecule has 2 aromatic carbocycles. The molecule has 4 rings (SSSR count). The number of fused-ring (bicyclic) bond motifs is 1. The standard InChI is InChI=1S/C22H18ClN3O3S/c1-13-19(20(27)21(28)25-22-24-9-10-30-22)17-11-16(29-2)7-8-18(17)26(13)12-14-3-5-15(23)6-4-14/h3-11H,12H2,1-2H3,(H,24,25,28). The number of carbonyl (C=O) groups is 2. The molecule has 30 heavy (non-hydrogen) atoms. The highest BCUT2D eigenvalue weighted by Gasteiger charge is 2.26. The second-order valence-electron chi connectivity index (χ2n) is 6.68. The number of hydrogen-bond acceptors (Lipinski definition) is 5. The Morgan fingerprint density at radius 2 is 1.97 bits per heavy atom. The monoisotopic (exact) mass is 439 g/mol. The molecule has 0 bridgehead atoms. The van der Waals surface area contributed by atoms with Gasteiger partial charge in [-0.15, -0.1) is 11.3 Å². The predicted molar refractivity (Wildman–Crippen MR) is 119 cm³/mol. The summed E-state index contributed by atoms with van der Waals surface area (Å²) in [6.07, 6.45) is 1.57. The van der Waals surface area contributed by atoms with E-state index in [9.17, 15) is 9.59 Å². The van der Waals surface area contributed by atoms with Gasteiger partial charge in [-0.25, -0.2) is 4.98 Å². The molecule has 152 valence electrons. The van der Waals surface area contributed by atoms with Crippen LogP contribution in [-0.2, 0) is 11.3 Å². The number of hydrogen-bond donors (Lipinski definition) is 1. The molecule has 8 heteroatoms. The zero-order chi connectivity index (χ0) is 21.3. The van der Waals surface area contributed by atoms with Gasteiger partial charge in [0.05, 0.1) is 12.7 Å². The van der Waals surface area contributed by atoms with Crippen LogP contribution in [0.2, 0.25) is 5.02 Å². The van der Waals surface area contributed by atoms with Gasteiger partial charge in [0.1, 0.15) is 5.75 Å². The maximum absolute atomic E-state index is 13.1. The molecule has 2 heterocycles. The number of Topliss-reactive ketones (excluding diaryl/α,β-unsaturated/α-hetero) is 1. The van der Waals surface area contributed by atoms with Gasteiger partial charge in [0.25, 0.3) is 11.7 Å². The molecule has 0 radical (unpaired) electrons. The fourth-order valence-electron chi connectivity index (χ4n) is 3.40. The van der Waals surface area contributed by atoms with Gasteiger partial charge in [-0.2, -0.15) is 0 Å². The molecule has 2 aromatic heterocycles. The van der Waals surface area contributed by atoms with Crippen molar-refractivity contribution < 1.29 is 14.3 Å². The van der Waals surface area contributed by atoms with Crippen molar-refractivity contribution in [3.63, 3.8) is 0 Å². The Morgan fingerprint density at radius 1 is 1.20 bits per heavy atom. The Kier molecular flexibility index (Phi) is 5.57. The van der Waals surface area contributed by atoms with Crippen molar-refractivity contribution in [3.05, 3.63) is 75.9 Å². The number of aromatic nitrogens is 2. The topological polar surface area (TPSA) is 73.2 Å². The first kappa shape index (κ1) is 20.1. The first-order chi connectivity index (χ1) is 14.5. The van der Waals surface area contributed by atoms with E-state index in [-0.39, 0.29) is 0 Å². The number of ketones is 1. The minimum atomic E-state index is -0.721. The van der Waals surface area contributed by atoms with E-state index in [4.69, 9.17) is 16.3 Å². The molecule has 1 amide bonds. The maximum atomic E-state index is 13.1. The summed E-state index contributed by atoms with van der Waals surface area (Å²) < 4.78 is 7.36. The summed E-state index contributed by atoms with van der Waals surface area (Å²) in [5.74, 6) is -0.724.